The molecular weight excluding hydrogens is 174 g/mol. The third-order valence-corrected chi connectivity index (χ3v) is 3.47. The maximum atomic E-state index is 5.48. The first-order valence-electron chi connectivity index (χ1n) is 3.77. The van der Waals surface area contributed by atoms with E-state index in [1.165, 1.54) is 9.77 Å². The van der Waals surface area contributed by atoms with Crippen molar-refractivity contribution in [2.75, 3.05) is 12.3 Å². The molecular formula is C8H13NS2. The Kier molecular flexibility index (Phi) is 3.97. The molecule has 1 nitrogen and oxygen atoms in total. The number of hydrogen-bond donors (Lipinski definition) is 1. The molecule has 1 rings (SSSR count). The van der Waals surface area contributed by atoms with Gasteiger partial charge < -0.3 is 5.73 Å². The van der Waals surface area contributed by atoms with Crippen molar-refractivity contribution >= 4 is 23.1 Å². The minimum Gasteiger partial charge on any atom is -0.330 e. The van der Waals surface area contributed by atoms with Crippen LogP contribution in [0, 0.1) is 0 Å². The van der Waals surface area contributed by atoms with Gasteiger partial charge in [0.25, 0.3) is 0 Å². The lowest BCUT2D eigenvalue weighted by Crippen LogP contribution is -2.01. The summed E-state index contributed by atoms with van der Waals surface area (Å²) in [7, 11) is 0. The van der Waals surface area contributed by atoms with Crippen LogP contribution in [0.1, 0.15) is 11.8 Å². The van der Waals surface area contributed by atoms with E-state index in [0.717, 1.165) is 18.7 Å². The number of hydrogen-bond acceptors (Lipinski definition) is 3. The predicted octanol–water partition coefficient (Wildman–Crippen LogP) is 2.36. The van der Waals surface area contributed by atoms with Crippen molar-refractivity contribution in [3.63, 3.8) is 0 Å². The lowest BCUT2D eigenvalue weighted by Gasteiger charge is -1.98. The minimum atomic E-state index is 0.762. The average Bonchev–Trinajstić information content (AvgIpc) is 2.39. The fourth-order valence-electron chi connectivity index (χ4n) is 0.926. The molecule has 0 aliphatic carbocycles. The summed E-state index contributed by atoms with van der Waals surface area (Å²) in [5.74, 6) is 1.15. The van der Waals surface area contributed by atoms with Gasteiger partial charge in [-0.15, -0.1) is 23.1 Å². The Morgan fingerprint density at radius 1 is 1.64 bits per heavy atom. The Balaban J connectivity index is 2.62. The normalized spacial score (nSPS) is 10.4. The number of nitrogens with two attached hydrogens (primary N) is 1. The maximum Gasteiger partial charge on any atom is 0.0211 e. The van der Waals surface area contributed by atoms with Gasteiger partial charge in [-0.25, -0.2) is 0 Å². The van der Waals surface area contributed by atoms with Gasteiger partial charge in [-0.05, 0) is 30.2 Å². The van der Waals surface area contributed by atoms with E-state index < -0.39 is 0 Å². The van der Waals surface area contributed by atoms with Crippen molar-refractivity contribution in [1.29, 1.82) is 0 Å². The zero-order chi connectivity index (χ0) is 8.10. The highest BCUT2D eigenvalue weighted by molar-refractivity contribution is 7.99. The summed E-state index contributed by atoms with van der Waals surface area (Å²) in [6.45, 7) is 2.94. The molecule has 0 saturated carbocycles. The van der Waals surface area contributed by atoms with Gasteiger partial charge in [0.15, 0.2) is 0 Å². The lowest BCUT2D eigenvalue weighted by atomic mass is 10.3. The molecule has 0 bridgehead atoms. The molecule has 0 saturated heterocycles. The molecule has 62 valence electrons. The van der Waals surface area contributed by atoms with Gasteiger partial charge in [-0.1, -0.05) is 6.92 Å². The van der Waals surface area contributed by atoms with E-state index in [9.17, 15) is 0 Å². The summed E-state index contributed by atoms with van der Waals surface area (Å²) in [5.41, 5.74) is 5.48. The van der Waals surface area contributed by atoms with Crippen LogP contribution in [-0.4, -0.2) is 12.3 Å². The van der Waals surface area contributed by atoms with Crippen molar-refractivity contribution in [2.24, 2.45) is 5.73 Å². The Labute approximate surface area is 76.0 Å². The third kappa shape index (κ3) is 2.51. The highest BCUT2D eigenvalue weighted by atomic mass is 32.2. The Morgan fingerprint density at radius 3 is 3.09 bits per heavy atom. The van der Waals surface area contributed by atoms with Gasteiger partial charge in [-0.3, -0.25) is 0 Å². The number of rotatable bonds is 4. The summed E-state index contributed by atoms with van der Waals surface area (Å²) in [6, 6.07) is 2.18. The third-order valence-electron chi connectivity index (χ3n) is 1.38. The van der Waals surface area contributed by atoms with Crippen molar-refractivity contribution in [2.45, 2.75) is 18.2 Å². The minimum absolute atomic E-state index is 0.762. The van der Waals surface area contributed by atoms with E-state index in [2.05, 4.69) is 18.4 Å². The Bertz CT molecular complexity index is 187. The quantitative estimate of drug-likeness (QED) is 0.732. The van der Waals surface area contributed by atoms with Gasteiger partial charge in [0.2, 0.25) is 0 Å². The average molecular weight is 187 g/mol. The van der Waals surface area contributed by atoms with Crippen molar-refractivity contribution in [1.82, 2.24) is 0 Å². The summed E-state index contributed by atoms with van der Waals surface area (Å²) < 4.78 is 0. The van der Waals surface area contributed by atoms with Crippen molar-refractivity contribution in [3.8, 4) is 0 Å². The first-order valence-corrected chi connectivity index (χ1v) is 5.64. The van der Waals surface area contributed by atoms with E-state index >= 15 is 0 Å². The molecule has 0 atom stereocenters. The van der Waals surface area contributed by atoms with Gasteiger partial charge >= 0.3 is 0 Å². The smallest absolute Gasteiger partial charge is 0.0211 e. The van der Waals surface area contributed by atoms with E-state index in [1.54, 1.807) is 0 Å². The second-order valence-electron chi connectivity index (χ2n) is 2.18. The molecule has 0 aliphatic heterocycles. The predicted molar refractivity (Wildman–Crippen MR) is 53.5 cm³/mol. The molecule has 11 heavy (non-hydrogen) atoms. The molecule has 1 aromatic heterocycles. The standard InChI is InChI=1S/C8H13NS2/c1-2-10-8-4-6-11-7(8)3-5-9/h4,6H,2-3,5,9H2,1H3. The summed E-state index contributed by atoms with van der Waals surface area (Å²) in [6.07, 6.45) is 1.03. The number of thioether (sulfide) groups is 1. The molecule has 0 amide bonds. The molecule has 3 heteroatoms. The number of thiophene rings is 1. The van der Waals surface area contributed by atoms with Gasteiger partial charge in [0.1, 0.15) is 0 Å². The zero-order valence-corrected chi connectivity index (χ0v) is 8.30. The van der Waals surface area contributed by atoms with Crippen molar-refractivity contribution in [3.05, 3.63) is 16.3 Å². The monoisotopic (exact) mass is 187 g/mol. The second-order valence-corrected chi connectivity index (χ2v) is 4.49. The SMILES string of the molecule is CCSc1ccsc1CCN. The highest BCUT2D eigenvalue weighted by Crippen LogP contribution is 2.27. The molecule has 1 heterocycles. The maximum absolute atomic E-state index is 5.48. The first kappa shape index (κ1) is 9.10. The first-order chi connectivity index (χ1) is 5.38. The Morgan fingerprint density at radius 2 is 2.45 bits per heavy atom. The molecule has 0 unspecified atom stereocenters. The fourth-order valence-corrected chi connectivity index (χ4v) is 2.86. The molecule has 1 aromatic rings. The van der Waals surface area contributed by atoms with Gasteiger partial charge in [0, 0.05) is 9.77 Å². The fraction of sp³-hybridized carbons (Fsp3) is 0.500. The molecule has 0 aromatic carbocycles. The lowest BCUT2D eigenvalue weighted by molar-refractivity contribution is 0.970. The van der Waals surface area contributed by atoms with Crippen LogP contribution in [0.5, 0.6) is 0 Å². The zero-order valence-electron chi connectivity index (χ0n) is 6.67. The van der Waals surface area contributed by atoms with Crippen LogP contribution in [0.3, 0.4) is 0 Å². The van der Waals surface area contributed by atoms with Crippen LogP contribution in [0.2, 0.25) is 0 Å². The van der Waals surface area contributed by atoms with E-state index in [4.69, 9.17) is 5.73 Å². The molecule has 0 aliphatic rings. The summed E-state index contributed by atoms with van der Waals surface area (Å²) in [4.78, 5) is 2.86. The topological polar surface area (TPSA) is 26.0 Å². The summed E-state index contributed by atoms with van der Waals surface area (Å²) >= 11 is 3.72. The van der Waals surface area contributed by atoms with Crippen LogP contribution >= 0.6 is 23.1 Å². The second kappa shape index (κ2) is 4.80. The van der Waals surface area contributed by atoms with E-state index in [0.29, 0.717) is 0 Å². The van der Waals surface area contributed by atoms with Crippen molar-refractivity contribution < 1.29 is 0 Å². The molecule has 0 fully saturated rings. The van der Waals surface area contributed by atoms with Crippen LogP contribution < -0.4 is 5.73 Å². The van der Waals surface area contributed by atoms with E-state index in [-0.39, 0.29) is 0 Å². The van der Waals surface area contributed by atoms with Crippen LogP contribution in [0.15, 0.2) is 16.3 Å². The summed E-state index contributed by atoms with van der Waals surface area (Å²) in [5, 5.41) is 2.14. The van der Waals surface area contributed by atoms with Gasteiger partial charge in [0.05, 0.1) is 0 Å². The Hall–Kier alpha value is 0.01000. The van der Waals surface area contributed by atoms with Crippen LogP contribution in [0.4, 0.5) is 0 Å². The van der Waals surface area contributed by atoms with E-state index in [1.807, 2.05) is 23.1 Å². The van der Waals surface area contributed by atoms with Gasteiger partial charge in [-0.2, -0.15) is 0 Å². The highest BCUT2D eigenvalue weighted by Gasteiger charge is 2.01. The van der Waals surface area contributed by atoms with Crippen LogP contribution in [-0.2, 0) is 6.42 Å². The molecule has 2 N–H and O–H groups in total. The molecule has 0 spiro atoms. The van der Waals surface area contributed by atoms with Crippen LogP contribution in [0.25, 0.3) is 0 Å². The largest absolute Gasteiger partial charge is 0.330 e. The molecule has 0 radical (unpaired) electrons.